The molecule has 3 aliphatic rings. The van der Waals surface area contributed by atoms with Crippen LogP contribution in [-0.2, 0) is 51.2 Å². The van der Waals surface area contributed by atoms with Crippen molar-refractivity contribution in [3.63, 3.8) is 0 Å². The van der Waals surface area contributed by atoms with Crippen LogP contribution in [0.2, 0.25) is 0 Å². The number of aromatic nitrogens is 1. The molecule has 15 heteroatoms. The number of benzene rings is 1. The van der Waals surface area contributed by atoms with E-state index in [9.17, 15) is 39.0 Å². The standard InChI is InChI=1S/C50H73N5O10/c1-4-7-8-9-10-11-12-13-14-15-16-17-18-19-23-41(48(61)62)54-46(59)40(22-20-21-28-51)52-43(57)26-27-44(58)65-50(6-3)38-30-42-45-36(31-55(42)47(60)37(38)32-64-49(50)63)34(5-2)35-29-33(56)24-25-39(35)53-45/h24-25,29,40-42,56H,4-23,26-28,30-32,51H2,1-3H3,(H,52,57)(H,54,59)(H,61,62)/t40?,41?,42?,50-/m0/s1. The van der Waals surface area contributed by atoms with E-state index in [1.807, 2.05) is 6.92 Å². The highest BCUT2D eigenvalue weighted by Gasteiger charge is 2.56. The van der Waals surface area contributed by atoms with Gasteiger partial charge in [-0.2, -0.15) is 0 Å². The van der Waals surface area contributed by atoms with Crippen LogP contribution >= 0.6 is 0 Å². The van der Waals surface area contributed by atoms with Crippen molar-refractivity contribution in [1.29, 1.82) is 0 Å². The lowest BCUT2D eigenvalue weighted by Gasteiger charge is -2.42. The number of carbonyl (C=O) groups is 6. The zero-order chi connectivity index (χ0) is 46.9. The van der Waals surface area contributed by atoms with Gasteiger partial charge in [-0.3, -0.25) is 24.2 Å². The monoisotopic (exact) mass is 904 g/mol. The molecular weight excluding hydrogens is 831 g/mol. The number of carbonyl (C=O) groups excluding carboxylic acids is 5. The van der Waals surface area contributed by atoms with Gasteiger partial charge in [0.1, 0.15) is 24.4 Å². The number of carboxylic acid groups (broad SMARTS) is 1. The maximum atomic E-state index is 14.1. The molecule has 3 unspecified atom stereocenters. The quantitative estimate of drug-likeness (QED) is 0.0392. The Labute approximate surface area is 384 Å². The van der Waals surface area contributed by atoms with E-state index in [0.717, 1.165) is 35.8 Å². The van der Waals surface area contributed by atoms with Gasteiger partial charge in [0.15, 0.2) is 0 Å². The molecule has 0 saturated carbocycles. The molecule has 1 aromatic heterocycles. The van der Waals surface area contributed by atoms with E-state index in [-0.39, 0.29) is 55.9 Å². The van der Waals surface area contributed by atoms with Gasteiger partial charge < -0.3 is 41.0 Å². The van der Waals surface area contributed by atoms with E-state index in [4.69, 9.17) is 20.2 Å². The summed E-state index contributed by atoms with van der Waals surface area (Å²) in [6, 6.07) is 2.28. The van der Waals surface area contributed by atoms with Crippen molar-refractivity contribution >= 4 is 46.5 Å². The van der Waals surface area contributed by atoms with Crippen molar-refractivity contribution < 1.29 is 48.5 Å². The van der Waals surface area contributed by atoms with Crippen molar-refractivity contribution in [1.82, 2.24) is 20.5 Å². The van der Waals surface area contributed by atoms with Crippen molar-refractivity contribution in [2.45, 2.75) is 199 Å². The maximum absolute atomic E-state index is 14.1. The SMILES string of the molecule is CCCCCCCCCCCCCCCCC(NC(=O)C(CCCCN)NC(=O)CCC(=O)O[C@]1(CC)C(=O)OCC2=C1CC1c3nc4ccc(O)cc4c(CC)c3CN1C2=O)C(=O)O. The van der Waals surface area contributed by atoms with Gasteiger partial charge in [-0.05, 0) is 86.4 Å². The van der Waals surface area contributed by atoms with Crippen molar-refractivity contribution in [2.75, 3.05) is 13.2 Å². The van der Waals surface area contributed by atoms with Gasteiger partial charge in [-0.1, -0.05) is 111 Å². The molecule has 1 aromatic carbocycles. The topological polar surface area (TPSA) is 228 Å². The summed E-state index contributed by atoms with van der Waals surface area (Å²) in [6.07, 6.45) is 18.0. The van der Waals surface area contributed by atoms with Crippen molar-refractivity contribution in [3.05, 3.63) is 46.2 Å². The van der Waals surface area contributed by atoms with Crippen LogP contribution in [0.5, 0.6) is 5.75 Å². The number of rotatable bonds is 29. The Morgan fingerprint density at radius 2 is 1.51 bits per heavy atom. The lowest BCUT2D eigenvalue weighted by Crippen LogP contribution is -2.54. The number of aliphatic carboxylic acids is 1. The number of pyridine rings is 1. The van der Waals surface area contributed by atoms with E-state index in [1.54, 1.807) is 30.0 Å². The molecule has 3 aliphatic heterocycles. The van der Waals surface area contributed by atoms with Gasteiger partial charge in [0.25, 0.3) is 5.91 Å². The first-order chi connectivity index (χ1) is 31.4. The number of hydrogen-bond donors (Lipinski definition) is 5. The second kappa shape index (κ2) is 25.0. The van der Waals surface area contributed by atoms with Gasteiger partial charge in [0, 0.05) is 18.4 Å². The number of unbranched alkanes of at least 4 members (excludes halogenated alkanes) is 14. The van der Waals surface area contributed by atoms with Crippen LogP contribution in [0.25, 0.3) is 10.9 Å². The molecule has 6 N–H and O–H groups in total. The molecule has 2 aromatic rings. The third-order valence-electron chi connectivity index (χ3n) is 13.4. The number of carboxylic acids is 1. The molecule has 0 radical (unpaired) electrons. The predicted octanol–water partition coefficient (Wildman–Crippen LogP) is 7.67. The first kappa shape index (κ1) is 50.9. The highest BCUT2D eigenvalue weighted by Crippen LogP contribution is 2.49. The largest absolute Gasteiger partial charge is 0.508 e. The zero-order valence-corrected chi connectivity index (χ0v) is 39.0. The molecule has 65 heavy (non-hydrogen) atoms. The molecule has 0 saturated heterocycles. The molecule has 0 fully saturated rings. The van der Waals surface area contributed by atoms with Crippen LogP contribution in [0.1, 0.15) is 185 Å². The highest BCUT2D eigenvalue weighted by atomic mass is 16.6. The van der Waals surface area contributed by atoms with E-state index >= 15 is 0 Å². The average molecular weight is 904 g/mol. The summed E-state index contributed by atoms with van der Waals surface area (Å²) in [6.45, 7) is 6.30. The Kier molecular flexibility index (Phi) is 19.6. The van der Waals surface area contributed by atoms with E-state index in [1.165, 1.54) is 64.2 Å². The van der Waals surface area contributed by atoms with Crippen molar-refractivity contribution in [2.24, 2.45) is 5.73 Å². The highest BCUT2D eigenvalue weighted by molar-refractivity contribution is 6.02. The summed E-state index contributed by atoms with van der Waals surface area (Å²) in [5.41, 5.74) is 7.63. The minimum Gasteiger partial charge on any atom is -0.508 e. The Bertz CT molecular complexity index is 2040. The van der Waals surface area contributed by atoms with Gasteiger partial charge >= 0.3 is 17.9 Å². The van der Waals surface area contributed by atoms with Crippen LogP contribution in [0, 0.1) is 0 Å². The second-order valence-corrected chi connectivity index (χ2v) is 18.0. The number of nitrogens with zero attached hydrogens (tertiary/aromatic N) is 2. The molecular formula is C50H73N5O10. The first-order valence-corrected chi connectivity index (χ1v) is 24.5. The number of phenols is 1. The molecule has 0 spiro atoms. The second-order valence-electron chi connectivity index (χ2n) is 18.0. The summed E-state index contributed by atoms with van der Waals surface area (Å²) in [7, 11) is 0. The van der Waals surface area contributed by atoms with Gasteiger partial charge in [0.2, 0.25) is 17.4 Å². The number of ether oxygens (including phenoxy) is 2. The van der Waals surface area contributed by atoms with Crippen LogP contribution in [-0.4, -0.2) is 86.6 Å². The molecule has 0 bridgehead atoms. The normalized spacial score (nSPS) is 18.7. The molecule has 4 atom stereocenters. The fourth-order valence-electron chi connectivity index (χ4n) is 9.73. The lowest BCUT2D eigenvalue weighted by molar-refractivity contribution is -0.182. The number of nitrogens with two attached hydrogens (primary N) is 1. The molecule has 358 valence electrons. The fraction of sp³-hybridized carbons (Fsp3) is 0.660. The Hall–Kier alpha value is -5.05. The van der Waals surface area contributed by atoms with Gasteiger partial charge in [0.05, 0.1) is 29.2 Å². The number of nitrogens with one attached hydrogen (secondary N) is 2. The van der Waals surface area contributed by atoms with Crippen LogP contribution in [0.15, 0.2) is 29.3 Å². The third-order valence-corrected chi connectivity index (χ3v) is 13.4. The number of amides is 3. The Morgan fingerprint density at radius 1 is 0.877 bits per heavy atom. The third kappa shape index (κ3) is 13.1. The van der Waals surface area contributed by atoms with Crippen LogP contribution in [0.3, 0.4) is 0 Å². The number of cyclic esters (lactones) is 1. The van der Waals surface area contributed by atoms with Gasteiger partial charge in [-0.15, -0.1) is 0 Å². The Balaban J connectivity index is 1.14. The molecule has 5 rings (SSSR count). The Morgan fingerprint density at radius 3 is 2.12 bits per heavy atom. The molecule has 0 aliphatic carbocycles. The minimum absolute atomic E-state index is 0.0203. The summed E-state index contributed by atoms with van der Waals surface area (Å²) >= 11 is 0. The maximum Gasteiger partial charge on any atom is 0.355 e. The van der Waals surface area contributed by atoms with Gasteiger partial charge in [-0.25, -0.2) is 9.59 Å². The number of aromatic hydroxyl groups is 1. The first-order valence-electron chi connectivity index (χ1n) is 24.5. The van der Waals surface area contributed by atoms with E-state index in [2.05, 4.69) is 17.6 Å². The molecule has 3 amide bonds. The summed E-state index contributed by atoms with van der Waals surface area (Å²) in [5, 5.41) is 26.3. The predicted molar refractivity (Wildman–Crippen MR) is 246 cm³/mol. The zero-order valence-electron chi connectivity index (χ0n) is 39.0. The van der Waals surface area contributed by atoms with Crippen LogP contribution < -0.4 is 16.4 Å². The number of phenolic OH excluding ortho intramolecular Hbond substituents is 1. The number of fused-ring (bicyclic) bond motifs is 4. The smallest absolute Gasteiger partial charge is 0.355 e. The minimum atomic E-state index is -1.90. The number of esters is 2. The summed E-state index contributed by atoms with van der Waals surface area (Å²) in [5.74, 6) is -4.29. The van der Waals surface area contributed by atoms with E-state index in [0.29, 0.717) is 55.6 Å². The molecule has 15 nitrogen and oxygen atoms in total. The number of aryl methyl sites for hydroxylation is 1. The van der Waals surface area contributed by atoms with E-state index < -0.39 is 59.9 Å². The summed E-state index contributed by atoms with van der Waals surface area (Å²) in [4.78, 5) is 86.9. The van der Waals surface area contributed by atoms with Crippen LogP contribution in [0.4, 0.5) is 0 Å². The molecule has 4 heterocycles. The average Bonchev–Trinajstić information content (AvgIpc) is 3.66. The van der Waals surface area contributed by atoms with Crippen molar-refractivity contribution in [3.8, 4) is 5.75 Å². The summed E-state index contributed by atoms with van der Waals surface area (Å²) < 4.78 is 11.5. The fourth-order valence-corrected chi connectivity index (χ4v) is 9.73. The number of hydrogen-bond acceptors (Lipinski definition) is 11. The lowest BCUT2D eigenvalue weighted by atomic mass is 9.78.